The third-order valence-corrected chi connectivity index (χ3v) is 4.94. The summed E-state index contributed by atoms with van der Waals surface area (Å²) in [5.74, 6) is 0.0919. The lowest BCUT2D eigenvalue weighted by molar-refractivity contribution is 0.0663. The van der Waals surface area contributed by atoms with Crippen LogP contribution in [0.25, 0.3) is 0 Å². The second-order valence-corrected chi connectivity index (χ2v) is 6.84. The molecule has 0 atom stereocenters. The van der Waals surface area contributed by atoms with Crippen molar-refractivity contribution in [3.63, 3.8) is 0 Å². The zero-order valence-corrected chi connectivity index (χ0v) is 14.6. The van der Waals surface area contributed by atoms with Crippen LogP contribution in [0.3, 0.4) is 0 Å². The molecular weight excluding hydrogens is 300 g/mol. The lowest BCUT2D eigenvalue weighted by Crippen LogP contribution is -2.47. The Morgan fingerprint density at radius 1 is 1.21 bits per heavy atom. The maximum atomic E-state index is 12.6. The van der Waals surface area contributed by atoms with Crippen molar-refractivity contribution in [2.45, 2.75) is 32.1 Å². The molecule has 24 heavy (non-hydrogen) atoms. The number of anilines is 1. The van der Waals surface area contributed by atoms with Crippen LogP contribution in [0.1, 0.15) is 42.5 Å². The summed E-state index contributed by atoms with van der Waals surface area (Å²) in [5, 5.41) is 3.41. The first-order valence-electron chi connectivity index (χ1n) is 9.07. The second kappa shape index (κ2) is 8.29. The number of hydrogen-bond acceptors (Lipinski definition) is 4. The Morgan fingerprint density at radius 3 is 2.79 bits per heavy atom. The molecule has 1 amide bonds. The van der Waals surface area contributed by atoms with Crippen molar-refractivity contribution in [2.75, 3.05) is 45.1 Å². The number of pyridine rings is 1. The van der Waals surface area contributed by atoms with Crippen LogP contribution in [-0.4, -0.2) is 60.5 Å². The van der Waals surface area contributed by atoms with Crippen LogP contribution >= 0.6 is 0 Å². The maximum absolute atomic E-state index is 12.6. The van der Waals surface area contributed by atoms with Gasteiger partial charge in [0, 0.05) is 45.1 Å². The summed E-state index contributed by atoms with van der Waals surface area (Å²) < 4.78 is 0. The highest BCUT2D eigenvalue weighted by atomic mass is 16.2. The molecule has 0 aromatic carbocycles. The minimum absolute atomic E-state index is 0.0919. The maximum Gasteiger partial charge on any atom is 0.255 e. The van der Waals surface area contributed by atoms with Gasteiger partial charge in [0.25, 0.3) is 5.91 Å². The Labute approximate surface area is 144 Å². The average molecular weight is 328 g/mol. The molecule has 0 radical (unpaired) electrons. The molecular formula is C19H28N4O. The SMILES string of the molecule is CN1CCN(C(=O)c2cncc(NCCC3=CCCCC3)c2)CC1. The van der Waals surface area contributed by atoms with Crippen LogP contribution in [0, 0.1) is 0 Å². The molecule has 1 aromatic heterocycles. The molecule has 1 aromatic rings. The van der Waals surface area contributed by atoms with E-state index >= 15 is 0 Å². The van der Waals surface area contributed by atoms with Crippen LogP contribution in [0.15, 0.2) is 30.1 Å². The van der Waals surface area contributed by atoms with Gasteiger partial charge >= 0.3 is 0 Å². The van der Waals surface area contributed by atoms with E-state index in [4.69, 9.17) is 0 Å². The number of likely N-dealkylation sites (N-methyl/N-ethyl adjacent to an activating group) is 1. The van der Waals surface area contributed by atoms with Gasteiger partial charge in [-0.1, -0.05) is 11.6 Å². The van der Waals surface area contributed by atoms with Crippen molar-refractivity contribution in [2.24, 2.45) is 0 Å². The van der Waals surface area contributed by atoms with E-state index in [1.807, 2.05) is 11.0 Å². The van der Waals surface area contributed by atoms with Gasteiger partial charge in [-0.15, -0.1) is 0 Å². The number of nitrogens with one attached hydrogen (secondary N) is 1. The smallest absolute Gasteiger partial charge is 0.255 e. The third kappa shape index (κ3) is 4.57. The molecule has 1 aliphatic carbocycles. The topological polar surface area (TPSA) is 48.5 Å². The summed E-state index contributed by atoms with van der Waals surface area (Å²) in [5.41, 5.74) is 3.18. The molecule has 0 unspecified atom stereocenters. The van der Waals surface area contributed by atoms with Crippen LogP contribution in [-0.2, 0) is 0 Å². The molecule has 1 saturated heterocycles. The van der Waals surface area contributed by atoms with E-state index in [9.17, 15) is 4.79 Å². The fraction of sp³-hybridized carbons (Fsp3) is 0.579. The van der Waals surface area contributed by atoms with E-state index in [2.05, 4.69) is 28.3 Å². The molecule has 5 nitrogen and oxygen atoms in total. The van der Waals surface area contributed by atoms with Crippen molar-refractivity contribution >= 4 is 11.6 Å². The zero-order valence-electron chi connectivity index (χ0n) is 14.6. The number of carbonyl (C=O) groups is 1. The zero-order chi connectivity index (χ0) is 16.8. The Hall–Kier alpha value is -1.88. The molecule has 1 fully saturated rings. The fourth-order valence-electron chi connectivity index (χ4n) is 3.34. The largest absolute Gasteiger partial charge is 0.383 e. The Kier molecular flexibility index (Phi) is 5.86. The number of amides is 1. The number of piperazine rings is 1. The number of rotatable bonds is 5. The van der Waals surface area contributed by atoms with E-state index in [1.165, 1.54) is 25.7 Å². The molecule has 1 N–H and O–H groups in total. The number of carbonyl (C=O) groups excluding carboxylic acids is 1. The Balaban J connectivity index is 1.53. The summed E-state index contributed by atoms with van der Waals surface area (Å²) >= 11 is 0. The van der Waals surface area contributed by atoms with Gasteiger partial charge in [-0.25, -0.2) is 0 Å². The predicted molar refractivity (Wildman–Crippen MR) is 97.3 cm³/mol. The molecule has 3 rings (SSSR count). The summed E-state index contributed by atoms with van der Waals surface area (Å²) in [7, 11) is 2.09. The van der Waals surface area contributed by atoms with E-state index in [0.717, 1.165) is 44.8 Å². The molecule has 0 spiro atoms. The summed E-state index contributed by atoms with van der Waals surface area (Å²) in [4.78, 5) is 21.0. The standard InChI is InChI=1S/C19H28N4O/c1-22-9-11-23(12-10-22)19(24)17-13-18(15-20-14-17)21-8-7-16-5-3-2-4-6-16/h5,13-15,21H,2-4,6-12H2,1H3. The van der Waals surface area contributed by atoms with Gasteiger partial charge in [0.05, 0.1) is 11.3 Å². The van der Waals surface area contributed by atoms with Gasteiger partial charge in [-0.3, -0.25) is 9.78 Å². The molecule has 0 bridgehead atoms. The monoisotopic (exact) mass is 328 g/mol. The first kappa shape index (κ1) is 17.0. The summed E-state index contributed by atoms with van der Waals surface area (Å²) in [6, 6.07) is 1.93. The van der Waals surface area contributed by atoms with Gasteiger partial charge in [-0.05, 0) is 45.2 Å². The van der Waals surface area contributed by atoms with Crippen LogP contribution in [0.2, 0.25) is 0 Å². The highest BCUT2D eigenvalue weighted by Gasteiger charge is 2.20. The molecule has 5 heteroatoms. The minimum Gasteiger partial charge on any atom is -0.383 e. The number of hydrogen-bond donors (Lipinski definition) is 1. The minimum atomic E-state index is 0.0919. The average Bonchev–Trinajstić information content (AvgIpc) is 2.63. The number of nitrogens with zero attached hydrogens (tertiary/aromatic N) is 3. The van der Waals surface area contributed by atoms with Gasteiger partial charge in [-0.2, -0.15) is 0 Å². The highest BCUT2D eigenvalue weighted by Crippen LogP contribution is 2.20. The van der Waals surface area contributed by atoms with Crippen molar-refractivity contribution in [3.8, 4) is 0 Å². The van der Waals surface area contributed by atoms with Crippen molar-refractivity contribution in [1.82, 2.24) is 14.8 Å². The molecule has 1 aliphatic heterocycles. The van der Waals surface area contributed by atoms with Crippen LogP contribution in [0.5, 0.6) is 0 Å². The van der Waals surface area contributed by atoms with E-state index in [1.54, 1.807) is 18.0 Å². The van der Waals surface area contributed by atoms with Gasteiger partial charge in [0.2, 0.25) is 0 Å². The molecule has 2 aliphatic rings. The first-order valence-corrected chi connectivity index (χ1v) is 9.07. The second-order valence-electron chi connectivity index (χ2n) is 6.84. The van der Waals surface area contributed by atoms with E-state index < -0.39 is 0 Å². The van der Waals surface area contributed by atoms with Gasteiger partial charge < -0.3 is 15.1 Å². The summed E-state index contributed by atoms with van der Waals surface area (Å²) in [6.45, 7) is 4.36. The normalized spacial score (nSPS) is 19.0. The number of allylic oxidation sites excluding steroid dienone is 1. The predicted octanol–water partition coefficient (Wildman–Crippen LogP) is 2.77. The first-order chi connectivity index (χ1) is 11.7. The molecule has 130 valence electrons. The highest BCUT2D eigenvalue weighted by molar-refractivity contribution is 5.94. The van der Waals surface area contributed by atoms with Crippen molar-refractivity contribution in [3.05, 3.63) is 35.7 Å². The lowest BCUT2D eigenvalue weighted by atomic mass is 9.97. The quantitative estimate of drug-likeness (QED) is 0.845. The fourth-order valence-corrected chi connectivity index (χ4v) is 3.34. The molecule has 0 saturated carbocycles. The van der Waals surface area contributed by atoms with E-state index in [0.29, 0.717) is 5.56 Å². The summed E-state index contributed by atoms with van der Waals surface area (Å²) in [6.07, 6.45) is 12.1. The molecule has 2 heterocycles. The van der Waals surface area contributed by atoms with Crippen LogP contribution in [0.4, 0.5) is 5.69 Å². The Bertz CT molecular complexity index is 591. The number of aromatic nitrogens is 1. The van der Waals surface area contributed by atoms with Crippen LogP contribution < -0.4 is 5.32 Å². The lowest BCUT2D eigenvalue weighted by Gasteiger charge is -2.32. The van der Waals surface area contributed by atoms with Gasteiger partial charge in [0.1, 0.15) is 0 Å². The van der Waals surface area contributed by atoms with Crippen molar-refractivity contribution in [1.29, 1.82) is 0 Å². The van der Waals surface area contributed by atoms with Gasteiger partial charge in [0.15, 0.2) is 0 Å². The van der Waals surface area contributed by atoms with E-state index in [-0.39, 0.29) is 5.91 Å². The van der Waals surface area contributed by atoms with Crippen molar-refractivity contribution < 1.29 is 4.79 Å². The third-order valence-electron chi connectivity index (χ3n) is 4.94. The Morgan fingerprint density at radius 2 is 2.04 bits per heavy atom.